The van der Waals surface area contributed by atoms with Crippen molar-refractivity contribution in [3.63, 3.8) is 0 Å². The number of nitrogens with zero attached hydrogens (tertiary/aromatic N) is 1. The van der Waals surface area contributed by atoms with E-state index in [1.165, 1.54) is 42.5 Å². The fraction of sp³-hybridized carbons (Fsp3) is 0.269. The average molecular weight is 403 g/mol. The predicted octanol–water partition coefficient (Wildman–Crippen LogP) is 5.53. The van der Waals surface area contributed by atoms with Crippen LogP contribution in [0.2, 0.25) is 0 Å². The molecule has 0 bridgehead atoms. The Morgan fingerprint density at radius 3 is 2.33 bits per heavy atom. The summed E-state index contributed by atoms with van der Waals surface area (Å²) < 4.78 is 13.3. The van der Waals surface area contributed by atoms with Gasteiger partial charge in [-0.2, -0.15) is 0 Å². The number of hydrogen-bond donors (Lipinski definition) is 1. The number of likely N-dealkylation sites (tertiary alicyclic amines) is 1. The second-order valence-electron chi connectivity index (χ2n) is 8.07. The first-order chi connectivity index (χ1) is 14.7. The first kappa shape index (κ1) is 20.3. The fourth-order valence-electron chi connectivity index (χ4n) is 4.09. The summed E-state index contributed by atoms with van der Waals surface area (Å²) in [5.41, 5.74) is 3.67. The molecular weight excluding hydrogens is 375 g/mol. The zero-order chi connectivity index (χ0) is 20.8. The van der Waals surface area contributed by atoms with Gasteiger partial charge >= 0.3 is 0 Å². The van der Waals surface area contributed by atoms with E-state index in [2.05, 4.69) is 40.5 Å². The molecule has 154 valence electrons. The predicted molar refractivity (Wildman–Crippen MR) is 119 cm³/mol. The van der Waals surface area contributed by atoms with E-state index >= 15 is 0 Å². The third kappa shape index (κ3) is 5.55. The lowest BCUT2D eigenvalue weighted by molar-refractivity contribution is 0.102. The number of benzene rings is 3. The summed E-state index contributed by atoms with van der Waals surface area (Å²) in [5.74, 6) is 0.169. The van der Waals surface area contributed by atoms with Crippen LogP contribution in [0, 0.1) is 11.7 Å². The Bertz CT molecular complexity index is 964. The lowest BCUT2D eigenvalue weighted by Gasteiger charge is -2.32. The lowest BCUT2D eigenvalue weighted by Crippen LogP contribution is -2.33. The standard InChI is InChI=1S/C26H27FN2O/c27-24-7-4-8-25(18-24)28-26(30)23-11-9-22(10-12-23)19-29-15-13-21(14-16-29)17-20-5-2-1-3-6-20/h1-12,18,21H,13-17,19H2,(H,28,30). The Balaban J connectivity index is 1.26. The minimum atomic E-state index is -0.365. The second-order valence-corrected chi connectivity index (χ2v) is 8.07. The normalized spacial score (nSPS) is 15.1. The maximum Gasteiger partial charge on any atom is 0.255 e. The highest BCUT2D eigenvalue weighted by Gasteiger charge is 2.19. The molecule has 1 heterocycles. The van der Waals surface area contributed by atoms with Gasteiger partial charge in [0.2, 0.25) is 0 Å². The number of rotatable bonds is 6. The van der Waals surface area contributed by atoms with Crippen molar-refractivity contribution >= 4 is 11.6 Å². The molecule has 3 aromatic carbocycles. The van der Waals surface area contributed by atoms with Gasteiger partial charge in [0.25, 0.3) is 5.91 Å². The van der Waals surface area contributed by atoms with E-state index in [-0.39, 0.29) is 11.7 Å². The van der Waals surface area contributed by atoms with Crippen molar-refractivity contribution in [1.29, 1.82) is 0 Å². The first-order valence-corrected chi connectivity index (χ1v) is 10.6. The van der Waals surface area contributed by atoms with Crippen LogP contribution < -0.4 is 5.32 Å². The zero-order valence-corrected chi connectivity index (χ0v) is 17.1. The van der Waals surface area contributed by atoms with Gasteiger partial charge in [0.05, 0.1) is 0 Å². The number of piperidine rings is 1. The molecule has 3 aromatic rings. The minimum absolute atomic E-state index is 0.228. The van der Waals surface area contributed by atoms with Crippen LogP contribution in [0.3, 0.4) is 0 Å². The van der Waals surface area contributed by atoms with Gasteiger partial charge in [0, 0.05) is 17.8 Å². The van der Waals surface area contributed by atoms with E-state index in [1.54, 1.807) is 12.1 Å². The van der Waals surface area contributed by atoms with Crippen molar-refractivity contribution in [3.05, 3.63) is 101 Å². The molecular formula is C26H27FN2O. The number of anilines is 1. The number of carbonyl (C=O) groups excluding carboxylic acids is 1. The largest absolute Gasteiger partial charge is 0.322 e. The van der Waals surface area contributed by atoms with Crippen LogP contribution in [-0.4, -0.2) is 23.9 Å². The van der Waals surface area contributed by atoms with Gasteiger partial charge in [0.1, 0.15) is 5.82 Å². The Morgan fingerprint density at radius 1 is 0.900 bits per heavy atom. The Labute approximate surface area is 177 Å². The minimum Gasteiger partial charge on any atom is -0.322 e. The monoisotopic (exact) mass is 402 g/mol. The quantitative estimate of drug-likeness (QED) is 0.588. The van der Waals surface area contributed by atoms with Crippen molar-refractivity contribution < 1.29 is 9.18 Å². The van der Waals surface area contributed by atoms with Gasteiger partial charge in [-0.3, -0.25) is 9.69 Å². The first-order valence-electron chi connectivity index (χ1n) is 10.6. The smallest absolute Gasteiger partial charge is 0.255 e. The van der Waals surface area contributed by atoms with E-state index < -0.39 is 0 Å². The molecule has 1 N–H and O–H groups in total. The maximum atomic E-state index is 13.3. The molecule has 0 unspecified atom stereocenters. The number of halogens is 1. The summed E-state index contributed by atoms with van der Waals surface area (Å²) in [5, 5.41) is 2.74. The average Bonchev–Trinajstić information content (AvgIpc) is 2.76. The number of nitrogens with one attached hydrogen (secondary N) is 1. The van der Waals surface area contributed by atoms with E-state index in [0.29, 0.717) is 11.3 Å². The SMILES string of the molecule is O=C(Nc1cccc(F)c1)c1ccc(CN2CCC(Cc3ccccc3)CC2)cc1. The number of hydrogen-bond acceptors (Lipinski definition) is 2. The fourth-order valence-corrected chi connectivity index (χ4v) is 4.09. The molecule has 4 heteroatoms. The topological polar surface area (TPSA) is 32.3 Å². The van der Waals surface area contributed by atoms with Crippen molar-refractivity contribution in [2.45, 2.75) is 25.8 Å². The van der Waals surface area contributed by atoms with Crippen molar-refractivity contribution in [3.8, 4) is 0 Å². The molecule has 1 saturated heterocycles. The summed E-state index contributed by atoms with van der Waals surface area (Å²) in [6.07, 6.45) is 3.62. The summed E-state index contributed by atoms with van der Waals surface area (Å²) in [6, 6.07) is 24.4. The molecule has 0 radical (unpaired) electrons. The summed E-state index contributed by atoms with van der Waals surface area (Å²) in [7, 11) is 0. The van der Waals surface area contributed by atoms with Crippen LogP contribution in [-0.2, 0) is 13.0 Å². The van der Waals surface area contributed by atoms with Crippen molar-refractivity contribution in [2.75, 3.05) is 18.4 Å². The van der Waals surface area contributed by atoms with Crippen LogP contribution >= 0.6 is 0 Å². The van der Waals surface area contributed by atoms with Crippen LogP contribution in [0.15, 0.2) is 78.9 Å². The van der Waals surface area contributed by atoms with E-state index in [9.17, 15) is 9.18 Å². The molecule has 1 amide bonds. The molecule has 0 aromatic heterocycles. The molecule has 30 heavy (non-hydrogen) atoms. The van der Waals surface area contributed by atoms with E-state index in [0.717, 1.165) is 25.6 Å². The molecule has 0 saturated carbocycles. The van der Waals surface area contributed by atoms with E-state index in [1.807, 2.05) is 24.3 Å². The van der Waals surface area contributed by atoms with Gasteiger partial charge < -0.3 is 5.32 Å². The van der Waals surface area contributed by atoms with Crippen LogP contribution in [0.1, 0.15) is 34.3 Å². The number of carbonyl (C=O) groups is 1. The Hall–Kier alpha value is -2.98. The summed E-state index contributed by atoms with van der Waals surface area (Å²) >= 11 is 0. The van der Waals surface area contributed by atoms with Gasteiger partial charge in [-0.05, 0) is 79.7 Å². The van der Waals surface area contributed by atoms with Gasteiger partial charge in [0.15, 0.2) is 0 Å². The van der Waals surface area contributed by atoms with Crippen LogP contribution in [0.4, 0.5) is 10.1 Å². The van der Waals surface area contributed by atoms with Crippen LogP contribution in [0.5, 0.6) is 0 Å². The molecule has 1 aliphatic rings. The lowest BCUT2D eigenvalue weighted by atomic mass is 9.90. The third-order valence-corrected chi connectivity index (χ3v) is 5.78. The van der Waals surface area contributed by atoms with Gasteiger partial charge in [-0.1, -0.05) is 48.5 Å². The Morgan fingerprint density at radius 2 is 1.63 bits per heavy atom. The zero-order valence-electron chi connectivity index (χ0n) is 17.1. The van der Waals surface area contributed by atoms with Crippen molar-refractivity contribution in [1.82, 2.24) is 4.90 Å². The van der Waals surface area contributed by atoms with Gasteiger partial charge in [-0.25, -0.2) is 4.39 Å². The molecule has 0 atom stereocenters. The molecule has 1 fully saturated rings. The highest BCUT2D eigenvalue weighted by atomic mass is 19.1. The molecule has 3 nitrogen and oxygen atoms in total. The highest BCUT2D eigenvalue weighted by Crippen LogP contribution is 2.23. The summed E-state index contributed by atoms with van der Waals surface area (Å²) in [6.45, 7) is 3.13. The molecule has 0 aliphatic carbocycles. The summed E-state index contributed by atoms with van der Waals surface area (Å²) in [4.78, 5) is 14.9. The molecule has 0 spiro atoms. The maximum absolute atomic E-state index is 13.3. The molecule has 4 rings (SSSR count). The van der Waals surface area contributed by atoms with Crippen LogP contribution in [0.25, 0.3) is 0 Å². The Kier molecular flexibility index (Phi) is 6.55. The van der Waals surface area contributed by atoms with E-state index in [4.69, 9.17) is 0 Å². The highest BCUT2D eigenvalue weighted by molar-refractivity contribution is 6.04. The van der Waals surface area contributed by atoms with Gasteiger partial charge in [-0.15, -0.1) is 0 Å². The number of amides is 1. The van der Waals surface area contributed by atoms with Crippen molar-refractivity contribution in [2.24, 2.45) is 5.92 Å². The molecule has 1 aliphatic heterocycles. The second kappa shape index (κ2) is 9.68. The third-order valence-electron chi connectivity index (χ3n) is 5.78.